The lowest BCUT2D eigenvalue weighted by Crippen LogP contribution is -2.15. The van der Waals surface area contributed by atoms with Gasteiger partial charge in [0.25, 0.3) is 0 Å². The Morgan fingerprint density at radius 3 is 2.19 bits per heavy atom. The van der Waals surface area contributed by atoms with E-state index in [9.17, 15) is 0 Å². The SMILES string of the molecule is C=C/C=C\C=C(/C)C1=C(Nc2ccccc2)CCC(c2cccc(-c3ccccc3-c3ccc4c(c3)C/C=C\C=C/C(=C)N4c3ccccc3)c2)=C1. The summed E-state index contributed by atoms with van der Waals surface area (Å²) in [6, 6.07) is 45.6. The summed E-state index contributed by atoms with van der Waals surface area (Å²) in [5.41, 5.74) is 16.7. The van der Waals surface area contributed by atoms with E-state index >= 15 is 0 Å². The molecule has 52 heavy (non-hydrogen) atoms. The number of nitrogens with zero attached hydrogens (tertiary/aromatic N) is 1. The molecule has 1 N–H and O–H groups in total. The second kappa shape index (κ2) is 16.1. The summed E-state index contributed by atoms with van der Waals surface area (Å²) in [5, 5.41) is 3.72. The van der Waals surface area contributed by atoms with Crippen LogP contribution >= 0.6 is 0 Å². The van der Waals surface area contributed by atoms with Gasteiger partial charge in [0.05, 0.1) is 0 Å². The Labute approximate surface area is 309 Å². The molecule has 2 heteroatoms. The molecule has 0 aromatic heterocycles. The molecule has 0 radical (unpaired) electrons. The van der Waals surface area contributed by atoms with Crippen LogP contribution < -0.4 is 10.2 Å². The third-order valence-corrected chi connectivity index (χ3v) is 9.65. The number of rotatable bonds is 9. The number of hydrogen-bond acceptors (Lipinski definition) is 2. The summed E-state index contributed by atoms with van der Waals surface area (Å²) in [5.74, 6) is 0. The van der Waals surface area contributed by atoms with E-state index in [1.165, 1.54) is 55.8 Å². The van der Waals surface area contributed by atoms with Crippen molar-refractivity contribution in [2.45, 2.75) is 26.2 Å². The van der Waals surface area contributed by atoms with Gasteiger partial charge in [0.2, 0.25) is 0 Å². The number of benzene rings is 5. The van der Waals surface area contributed by atoms with E-state index in [0.717, 1.165) is 42.0 Å². The van der Waals surface area contributed by atoms with E-state index in [-0.39, 0.29) is 0 Å². The van der Waals surface area contributed by atoms with E-state index < -0.39 is 0 Å². The lowest BCUT2D eigenvalue weighted by Gasteiger charge is -2.28. The molecule has 5 aromatic rings. The van der Waals surface area contributed by atoms with Gasteiger partial charge in [0.1, 0.15) is 0 Å². The normalized spacial score (nSPS) is 16.0. The molecule has 0 unspecified atom stereocenters. The average molecular weight is 673 g/mol. The third kappa shape index (κ3) is 7.67. The molecule has 0 spiro atoms. The molecule has 1 heterocycles. The predicted octanol–water partition coefficient (Wildman–Crippen LogP) is 13.6. The molecule has 2 aliphatic rings. The molecule has 254 valence electrons. The molecule has 0 saturated heterocycles. The number of anilines is 3. The molecule has 1 aliphatic carbocycles. The fraction of sp³-hybridized carbons (Fsp3) is 0.0800. The molecule has 1 aliphatic heterocycles. The zero-order chi connectivity index (χ0) is 35.7. The van der Waals surface area contributed by atoms with E-state index in [1.54, 1.807) is 0 Å². The van der Waals surface area contributed by atoms with Gasteiger partial charge in [-0.2, -0.15) is 0 Å². The lowest BCUT2D eigenvalue weighted by atomic mass is 9.86. The minimum absolute atomic E-state index is 0.824. The summed E-state index contributed by atoms with van der Waals surface area (Å²) < 4.78 is 0. The minimum atomic E-state index is 0.824. The average Bonchev–Trinajstić information content (AvgIpc) is 3.27. The number of para-hydroxylation sites is 2. The van der Waals surface area contributed by atoms with Crippen molar-refractivity contribution in [3.63, 3.8) is 0 Å². The van der Waals surface area contributed by atoms with Crippen molar-refractivity contribution in [2.24, 2.45) is 0 Å². The molecule has 0 bridgehead atoms. The maximum absolute atomic E-state index is 4.43. The van der Waals surface area contributed by atoms with Crippen LogP contribution in [0.25, 0.3) is 27.8 Å². The topological polar surface area (TPSA) is 15.3 Å². The summed E-state index contributed by atoms with van der Waals surface area (Å²) in [7, 11) is 0. The number of allylic oxidation sites excluding steroid dienone is 13. The first kappa shape index (κ1) is 34.1. The largest absolute Gasteiger partial charge is 0.358 e. The first-order valence-corrected chi connectivity index (χ1v) is 18.0. The second-order valence-corrected chi connectivity index (χ2v) is 13.1. The van der Waals surface area contributed by atoms with Crippen LogP contribution in [0.15, 0.2) is 218 Å². The Morgan fingerprint density at radius 2 is 1.42 bits per heavy atom. The third-order valence-electron chi connectivity index (χ3n) is 9.65. The minimum Gasteiger partial charge on any atom is -0.358 e. The molecule has 7 rings (SSSR count). The lowest BCUT2D eigenvalue weighted by molar-refractivity contribution is 0.962. The van der Waals surface area contributed by atoms with Gasteiger partial charge in [-0.3, -0.25) is 0 Å². The van der Waals surface area contributed by atoms with Crippen molar-refractivity contribution < 1.29 is 0 Å². The van der Waals surface area contributed by atoms with Crippen LogP contribution in [0, 0.1) is 0 Å². The van der Waals surface area contributed by atoms with Crippen molar-refractivity contribution >= 4 is 22.6 Å². The highest BCUT2D eigenvalue weighted by molar-refractivity contribution is 5.87. The fourth-order valence-electron chi connectivity index (χ4n) is 7.06. The van der Waals surface area contributed by atoms with Crippen molar-refractivity contribution in [3.05, 3.63) is 229 Å². The molecule has 0 atom stereocenters. The van der Waals surface area contributed by atoms with Crippen molar-refractivity contribution in [1.29, 1.82) is 0 Å². The van der Waals surface area contributed by atoms with E-state index in [1.807, 2.05) is 12.2 Å². The van der Waals surface area contributed by atoms with Gasteiger partial charge in [-0.1, -0.05) is 141 Å². The van der Waals surface area contributed by atoms with Crippen LogP contribution in [0.5, 0.6) is 0 Å². The second-order valence-electron chi connectivity index (χ2n) is 13.1. The summed E-state index contributed by atoms with van der Waals surface area (Å²) >= 11 is 0. The van der Waals surface area contributed by atoms with E-state index in [4.69, 9.17) is 0 Å². The summed E-state index contributed by atoms with van der Waals surface area (Å²) in [6.45, 7) is 10.5. The van der Waals surface area contributed by atoms with Crippen LogP contribution in [0.1, 0.15) is 30.9 Å². The van der Waals surface area contributed by atoms with Crippen LogP contribution in [0.4, 0.5) is 17.1 Å². The maximum Gasteiger partial charge on any atom is 0.0496 e. The molecule has 0 amide bonds. The standard InChI is InChI=1S/C50H44N2/c1-4-5-9-19-37(2)48-36-40(30-32-49(48)51-44-24-12-7-13-25-44)39-22-18-23-41(34-39)46-28-16-17-29-47(46)42-31-33-50-43(35-42)21-11-6-10-20-38(3)52(50)45-26-14-8-15-27-45/h4-20,22-29,31,33-36,51H,1,3,21,30,32H2,2H3/b9-5-,11-6-,20-10-,37-19+. The highest BCUT2D eigenvalue weighted by Gasteiger charge is 2.19. The first-order valence-electron chi connectivity index (χ1n) is 18.0. The molecular weight excluding hydrogens is 629 g/mol. The molecular formula is C50H44N2. The summed E-state index contributed by atoms with van der Waals surface area (Å²) in [6.07, 6.45) is 21.6. The van der Waals surface area contributed by atoms with Crippen molar-refractivity contribution in [3.8, 4) is 22.3 Å². The smallest absolute Gasteiger partial charge is 0.0496 e. The number of hydrogen-bond donors (Lipinski definition) is 1. The zero-order valence-corrected chi connectivity index (χ0v) is 29.8. The Morgan fingerprint density at radius 1 is 0.712 bits per heavy atom. The van der Waals surface area contributed by atoms with Gasteiger partial charge in [-0.05, 0) is 131 Å². The van der Waals surface area contributed by atoms with Gasteiger partial charge in [-0.25, -0.2) is 0 Å². The highest BCUT2D eigenvalue weighted by atomic mass is 15.1. The first-order chi connectivity index (χ1) is 25.6. The Balaban J connectivity index is 1.26. The predicted molar refractivity (Wildman–Crippen MR) is 224 cm³/mol. The van der Waals surface area contributed by atoms with Crippen LogP contribution in [-0.2, 0) is 6.42 Å². The Hall–Kier alpha value is -6.38. The summed E-state index contributed by atoms with van der Waals surface area (Å²) in [4.78, 5) is 2.26. The monoisotopic (exact) mass is 672 g/mol. The van der Waals surface area contributed by atoms with Gasteiger partial charge in [0.15, 0.2) is 0 Å². The maximum atomic E-state index is 4.43. The van der Waals surface area contributed by atoms with Gasteiger partial charge >= 0.3 is 0 Å². The van der Waals surface area contributed by atoms with Gasteiger partial charge in [0, 0.05) is 28.5 Å². The fourth-order valence-corrected chi connectivity index (χ4v) is 7.06. The number of fused-ring (bicyclic) bond motifs is 1. The van der Waals surface area contributed by atoms with Crippen LogP contribution in [0.3, 0.4) is 0 Å². The Kier molecular flexibility index (Phi) is 10.6. The van der Waals surface area contributed by atoms with E-state index in [2.05, 4.69) is 200 Å². The van der Waals surface area contributed by atoms with Crippen LogP contribution in [0.2, 0.25) is 0 Å². The van der Waals surface area contributed by atoms with Crippen molar-refractivity contribution in [2.75, 3.05) is 10.2 Å². The van der Waals surface area contributed by atoms with Gasteiger partial charge in [-0.15, -0.1) is 0 Å². The van der Waals surface area contributed by atoms with E-state index in [0.29, 0.717) is 0 Å². The zero-order valence-electron chi connectivity index (χ0n) is 29.8. The number of nitrogens with one attached hydrogen (secondary N) is 1. The highest BCUT2D eigenvalue weighted by Crippen LogP contribution is 2.40. The van der Waals surface area contributed by atoms with Gasteiger partial charge < -0.3 is 10.2 Å². The van der Waals surface area contributed by atoms with Crippen LogP contribution in [-0.4, -0.2) is 0 Å². The molecule has 0 saturated carbocycles. The molecule has 2 nitrogen and oxygen atoms in total. The molecule has 0 fully saturated rings. The Bertz CT molecular complexity index is 2280. The quantitative estimate of drug-likeness (QED) is 0.157. The van der Waals surface area contributed by atoms with Crippen molar-refractivity contribution in [1.82, 2.24) is 0 Å². The molecule has 5 aromatic carbocycles.